The smallest absolute Gasteiger partial charge is 0.306 e. The molecule has 1 atom stereocenters. The van der Waals surface area contributed by atoms with Gasteiger partial charge in [-0.15, -0.1) is 0 Å². The van der Waals surface area contributed by atoms with Crippen molar-refractivity contribution in [3.63, 3.8) is 0 Å². The van der Waals surface area contributed by atoms with Crippen LogP contribution in [0.5, 0.6) is 0 Å². The molecule has 1 saturated heterocycles. The van der Waals surface area contributed by atoms with Crippen LogP contribution in [0.4, 0.5) is 0 Å². The van der Waals surface area contributed by atoms with Gasteiger partial charge in [0.1, 0.15) is 6.10 Å². The van der Waals surface area contributed by atoms with E-state index in [1.165, 1.54) is 19.3 Å². The molecule has 1 aliphatic carbocycles. The van der Waals surface area contributed by atoms with E-state index in [0.717, 1.165) is 6.42 Å². The Balaban J connectivity index is 2.00. The predicted molar refractivity (Wildman–Crippen MR) is 41.1 cm³/mol. The van der Waals surface area contributed by atoms with Gasteiger partial charge in [0.15, 0.2) is 0 Å². The standard InChI is InChI=1S/C9H14O2/c1-2-9(5-6-9)7-3-4-8(10)11-7/h7H,2-6H2,1H3. The Morgan fingerprint density at radius 1 is 1.64 bits per heavy atom. The van der Waals surface area contributed by atoms with Crippen LogP contribution in [0.15, 0.2) is 0 Å². The molecule has 0 aromatic carbocycles. The third kappa shape index (κ3) is 1.05. The maximum Gasteiger partial charge on any atom is 0.306 e. The largest absolute Gasteiger partial charge is 0.462 e. The number of hydrogen-bond acceptors (Lipinski definition) is 2. The van der Waals surface area contributed by atoms with Crippen molar-refractivity contribution in [2.24, 2.45) is 5.41 Å². The Morgan fingerprint density at radius 2 is 2.36 bits per heavy atom. The Morgan fingerprint density at radius 3 is 2.73 bits per heavy atom. The number of hydrogen-bond donors (Lipinski definition) is 0. The van der Waals surface area contributed by atoms with Crippen LogP contribution in [0, 0.1) is 5.41 Å². The summed E-state index contributed by atoms with van der Waals surface area (Å²) in [6.45, 7) is 2.19. The average Bonchev–Trinajstić information content (AvgIpc) is 2.70. The monoisotopic (exact) mass is 154 g/mol. The topological polar surface area (TPSA) is 26.3 Å². The highest BCUT2D eigenvalue weighted by Gasteiger charge is 2.51. The van der Waals surface area contributed by atoms with Crippen molar-refractivity contribution < 1.29 is 9.53 Å². The van der Waals surface area contributed by atoms with Crippen LogP contribution in [0.2, 0.25) is 0 Å². The van der Waals surface area contributed by atoms with Crippen LogP contribution in [0.1, 0.15) is 39.0 Å². The van der Waals surface area contributed by atoms with Gasteiger partial charge in [-0.1, -0.05) is 6.92 Å². The van der Waals surface area contributed by atoms with E-state index in [1.807, 2.05) is 0 Å². The maximum absolute atomic E-state index is 10.8. The minimum atomic E-state index is 0.00900. The van der Waals surface area contributed by atoms with Gasteiger partial charge in [-0.3, -0.25) is 4.79 Å². The Hall–Kier alpha value is -0.530. The lowest BCUT2D eigenvalue weighted by molar-refractivity contribution is -0.143. The van der Waals surface area contributed by atoms with Crippen molar-refractivity contribution >= 4 is 5.97 Å². The summed E-state index contributed by atoms with van der Waals surface area (Å²) in [7, 11) is 0. The lowest BCUT2D eigenvalue weighted by Gasteiger charge is -2.19. The van der Waals surface area contributed by atoms with Gasteiger partial charge in [0.05, 0.1) is 0 Å². The Bertz CT molecular complexity index is 182. The quantitative estimate of drug-likeness (QED) is 0.568. The van der Waals surface area contributed by atoms with Crippen LogP contribution in [0.3, 0.4) is 0 Å². The summed E-state index contributed by atoms with van der Waals surface area (Å²) < 4.78 is 5.24. The third-order valence-electron chi connectivity index (χ3n) is 3.16. The molecule has 1 heterocycles. The first-order valence-corrected chi connectivity index (χ1v) is 4.46. The number of esters is 1. The summed E-state index contributed by atoms with van der Waals surface area (Å²) in [5.74, 6) is 0.00900. The van der Waals surface area contributed by atoms with Crippen molar-refractivity contribution in [1.82, 2.24) is 0 Å². The molecule has 0 spiro atoms. The van der Waals surface area contributed by atoms with E-state index >= 15 is 0 Å². The first-order valence-electron chi connectivity index (χ1n) is 4.46. The highest BCUT2D eigenvalue weighted by molar-refractivity contribution is 5.71. The predicted octanol–water partition coefficient (Wildman–Crippen LogP) is 1.88. The lowest BCUT2D eigenvalue weighted by Crippen LogP contribution is -2.20. The highest BCUT2D eigenvalue weighted by atomic mass is 16.6. The molecule has 2 heteroatoms. The molecule has 0 N–H and O–H groups in total. The van der Waals surface area contributed by atoms with Crippen LogP contribution >= 0.6 is 0 Å². The van der Waals surface area contributed by atoms with E-state index in [9.17, 15) is 4.79 Å². The molecule has 0 aromatic heterocycles. The molecular formula is C9H14O2. The molecule has 2 aliphatic rings. The summed E-state index contributed by atoms with van der Waals surface area (Å²) in [6, 6.07) is 0. The van der Waals surface area contributed by atoms with Gasteiger partial charge in [-0.25, -0.2) is 0 Å². The fourth-order valence-corrected chi connectivity index (χ4v) is 2.02. The van der Waals surface area contributed by atoms with Crippen LogP contribution in [-0.4, -0.2) is 12.1 Å². The van der Waals surface area contributed by atoms with E-state index in [0.29, 0.717) is 11.8 Å². The number of cyclic esters (lactones) is 1. The van der Waals surface area contributed by atoms with E-state index in [1.54, 1.807) is 0 Å². The Labute approximate surface area is 66.9 Å². The van der Waals surface area contributed by atoms with Gasteiger partial charge >= 0.3 is 5.97 Å². The highest BCUT2D eigenvalue weighted by Crippen LogP contribution is 2.55. The summed E-state index contributed by atoms with van der Waals surface area (Å²) >= 11 is 0. The fourth-order valence-electron chi connectivity index (χ4n) is 2.02. The summed E-state index contributed by atoms with van der Waals surface area (Å²) in [6.07, 6.45) is 5.58. The van der Waals surface area contributed by atoms with Gasteiger partial charge < -0.3 is 4.74 Å². The molecule has 62 valence electrons. The Kier molecular flexibility index (Phi) is 1.44. The van der Waals surface area contributed by atoms with Crippen molar-refractivity contribution in [2.45, 2.75) is 45.1 Å². The molecule has 0 amide bonds. The molecule has 2 rings (SSSR count). The molecule has 0 bridgehead atoms. The van der Waals surface area contributed by atoms with Gasteiger partial charge in [0, 0.05) is 11.8 Å². The number of rotatable bonds is 2. The second kappa shape index (κ2) is 2.23. The van der Waals surface area contributed by atoms with Gasteiger partial charge in [0.2, 0.25) is 0 Å². The number of carbonyl (C=O) groups excluding carboxylic acids is 1. The third-order valence-corrected chi connectivity index (χ3v) is 3.16. The first kappa shape index (κ1) is 7.14. The van der Waals surface area contributed by atoms with Gasteiger partial charge in [-0.05, 0) is 25.7 Å². The summed E-state index contributed by atoms with van der Waals surface area (Å²) in [5.41, 5.74) is 0.409. The van der Waals surface area contributed by atoms with E-state index in [2.05, 4.69) is 6.92 Å². The zero-order valence-corrected chi connectivity index (χ0v) is 6.93. The summed E-state index contributed by atoms with van der Waals surface area (Å²) in [5, 5.41) is 0. The zero-order valence-electron chi connectivity index (χ0n) is 6.93. The van der Waals surface area contributed by atoms with E-state index in [4.69, 9.17) is 4.74 Å². The maximum atomic E-state index is 10.8. The normalized spacial score (nSPS) is 33.5. The minimum absolute atomic E-state index is 0.00900. The molecule has 0 aromatic rings. The molecule has 1 unspecified atom stereocenters. The molecular weight excluding hydrogens is 140 g/mol. The molecule has 1 saturated carbocycles. The lowest BCUT2D eigenvalue weighted by atomic mass is 9.94. The molecule has 2 nitrogen and oxygen atoms in total. The van der Waals surface area contributed by atoms with Crippen LogP contribution < -0.4 is 0 Å². The molecule has 1 aliphatic heterocycles. The second-order valence-electron chi connectivity index (χ2n) is 3.73. The van der Waals surface area contributed by atoms with Gasteiger partial charge in [-0.2, -0.15) is 0 Å². The number of carbonyl (C=O) groups is 1. The zero-order chi connectivity index (χ0) is 7.90. The van der Waals surface area contributed by atoms with Crippen molar-refractivity contribution in [1.29, 1.82) is 0 Å². The number of ether oxygens (including phenoxy) is 1. The van der Waals surface area contributed by atoms with Crippen LogP contribution in [0.25, 0.3) is 0 Å². The summed E-state index contributed by atoms with van der Waals surface area (Å²) in [4.78, 5) is 10.8. The molecule has 2 fully saturated rings. The first-order chi connectivity index (χ1) is 5.27. The van der Waals surface area contributed by atoms with Crippen molar-refractivity contribution in [3.05, 3.63) is 0 Å². The fraction of sp³-hybridized carbons (Fsp3) is 0.889. The van der Waals surface area contributed by atoms with Crippen molar-refractivity contribution in [2.75, 3.05) is 0 Å². The average molecular weight is 154 g/mol. The minimum Gasteiger partial charge on any atom is -0.462 e. The second-order valence-corrected chi connectivity index (χ2v) is 3.73. The van der Waals surface area contributed by atoms with Gasteiger partial charge in [0.25, 0.3) is 0 Å². The van der Waals surface area contributed by atoms with Crippen molar-refractivity contribution in [3.8, 4) is 0 Å². The van der Waals surface area contributed by atoms with E-state index < -0.39 is 0 Å². The van der Waals surface area contributed by atoms with Crippen LogP contribution in [-0.2, 0) is 9.53 Å². The molecule has 0 radical (unpaired) electrons. The molecule has 11 heavy (non-hydrogen) atoms. The van der Waals surface area contributed by atoms with E-state index in [-0.39, 0.29) is 12.1 Å². The SMILES string of the molecule is CCC1(C2CCC(=O)O2)CC1.